The Hall–Kier alpha value is -0.0431. The van der Waals surface area contributed by atoms with Crippen molar-refractivity contribution in [1.82, 2.24) is 0 Å². The Balaban J connectivity index is 2.85. The number of rotatable bonds is 10. The monoisotopic (exact) mass is 211 g/mol. The van der Waals surface area contributed by atoms with Gasteiger partial charge < -0.3 is 0 Å². The zero-order chi connectivity index (χ0) is 10.5. The van der Waals surface area contributed by atoms with E-state index in [4.69, 9.17) is 0 Å². The van der Waals surface area contributed by atoms with Crippen LogP contribution in [0.1, 0.15) is 71.1 Å². The molecule has 0 aromatic heterocycles. The predicted octanol–water partition coefficient (Wildman–Crippen LogP) is 4.05. The van der Waals surface area contributed by atoms with Crippen molar-refractivity contribution in [2.75, 3.05) is 0 Å². The van der Waals surface area contributed by atoms with Gasteiger partial charge in [-0.05, 0) is 12.8 Å². The van der Waals surface area contributed by atoms with Gasteiger partial charge in [0.2, 0.25) is 0 Å². The first kappa shape index (κ1) is 14.0. The van der Waals surface area contributed by atoms with E-state index in [1.807, 2.05) is 10.2 Å². The molecule has 0 nitrogen and oxygen atoms in total. The van der Waals surface area contributed by atoms with E-state index in [1.165, 1.54) is 64.2 Å². The van der Waals surface area contributed by atoms with Gasteiger partial charge >= 0.3 is 0 Å². The van der Waals surface area contributed by atoms with E-state index < -0.39 is 0 Å². The van der Waals surface area contributed by atoms with E-state index >= 15 is 0 Å². The van der Waals surface area contributed by atoms with E-state index in [1.54, 1.807) is 0 Å². The standard InChI is InChI=1S/C13H27Si/c1-2-3-4-5-6-7-8-9-10-11-12-13-14/h12-13H,2-11,14H2,1H3. The summed E-state index contributed by atoms with van der Waals surface area (Å²) in [4.78, 5) is 0. The summed E-state index contributed by atoms with van der Waals surface area (Å²) in [5, 5.41) is 0. The van der Waals surface area contributed by atoms with Gasteiger partial charge in [0.05, 0.1) is 0 Å². The summed E-state index contributed by atoms with van der Waals surface area (Å²) in [6.07, 6.45) is 16.5. The minimum Gasteiger partial charge on any atom is -0.108 e. The Morgan fingerprint density at radius 1 is 0.786 bits per heavy atom. The van der Waals surface area contributed by atoms with Crippen LogP contribution in [0.15, 0.2) is 11.8 Å². The maximum atomic E-state index is 2.29. The van der Waals surface area contributed by atoms with Crippen LogP contribution in [-0.2, 0) is 0 Å². The highest BCUT2D eigenvalue weighted by molar-refractivity contribution is 6.16. The Kier molecular flexibility index (Phi) is 12.9. The van der Waals surface area contributed by atoms with Gasteiger partial charge in [0, 0.05) is 10.2 Å². The maximum absolute atomic E-state index is 2.29. The summed E-state index contributed by atoms with van der Waals surface area (Å²) in [6.45, 7) is 2.28. The van der Waals surface area contributed by atoms with Gasteiger partial charge in [-0.15, -0.1) is 5.70 Å². The second-order valence-electron chi connectivity index (χ2n) is 4.09. The smallest absolute Gasteiger partial charge is 0.0373 e. The van der Waals surface area contributed by atoms with Crippen LogP contribution >= 0.6 is 0 Å². The summed E-state index contributed by atoms with van der Waals surface area (Å²) < 4.78 is 0. The van der Waals surface area contributed by atoms with Crippen LogP contribution in [0, 0.1) is 0 Å². The van der Waals surface area contributed by atoms with Gasteiger partial charge in [-0.25, -0.2) is 0 Å². The van der Waals surface area contributed by atoms with Crippen molar-refractivity contribution in [2.24, 2.45) is 0 Å². The molecule has 0 saturated carbocycles. The Morgan fingerprint density at radius 2 is 1.29 bits per heavy atom. The number of allylic oxidation sites excluding steroid dienone is 1. The minimum atomic E-state index is 1.29. The van der Waals surface area contributed by atoms with Crippen molar-refractivity contribution < 1.29 is 0 Å². The molecule has 0 N–H and O–H groups in total. The molecule has 0 fully saturated rings. The van der Waals surface area contributed by atoms with E-state index in [0.29, 0.717) is 0 Å². The molecule has 0 aliphatic heterocycles. The van der Waals surface area contributed by atoms with Gasteiger partial charge in [-0.3, -0.25) is 0 Å². The van der Waals surface area contributed by atoms with Gasteiger partial charge in [-0.1, -0.05) is 64.4 Å². The van der Waals surface area contributed by atoms with Crippen LogP contribution < -0.4 is 0 Å². The normalized spacial score (nSPS) is 11.3. The predicted molar refractivity (Wildman–Crippen MR) is 69.5 cm³/mol. The fourth-order valence-corrected chi connectivity index (χ4v) is 1.93. The van der Waals surface area contributed by atoms with Crippen LogP contribution in [0.5, 0.6) is 0 Å². The summed E-state index contributed by atoms with van der Waals surface area (Å²) in [5.74, 6) is 0. The Morgan fingerprint density at radius 3 is 1.79 bits per heavy atom. The van der Waals surface area contributed by atoms with Gasteiger partial charge in [0.25, 0.3) is 0 Å². The molecule has 83 valence electrons. The first-order chi connectivity index (χ1) is 6.91. The molecular weight excluding hydrogens is 184 g/mol. The van der Waals surface area contributed by atoms with Crippen molar-refractivity contribution in [1.29, 1.82) is 0 Å². The molecule has 0 aromatic rings. The molecular formula is C13H27Si. The number of unbranched alkanes of at least 4 members (excludes halogenated alkanes) is 9. The SMILES string of the molecule is CCCCCCCCCCCC=C[SiH2]. The molecule has 0 aliphatic rings. The highest BCUT2D eigenvalue weighted by atomic mass is 28.1. The molecule has 0 aromatic carbocycles. The molecule has 0 unspecified atom stereocenters. The fourth-order valence-electron chi connectivity index (χ4n) is 1.69. The fraction of sp³-hybridized carbons (Fsp3) is 0.846. The molecule has 0 heterocycles. The summed E-state index contributed by atoms with van der Waals surface area (Å²) in [5.41, 5.74) is 2.19. The third kappa shape index (κ3) is 12.0. The third-order valence-electron chi connectivity index (χ3n) is 2.64. The quantitative estimate of drug-likeness (QED) is 0.378. The maximum Gasteiger partial charge on any atom is 0.0373 e. The average molecular weight is 211 g/mol. The molecule has 14 heavy (non-hydrogen) atoms. The van der Waals surface area contributed by atoms with Crippen molar-refractivity contribution in [2.45, 2.75) is 71.1 Å². The van der Waals surface area contributed by atoms with Gasteiger partial charge in [-0.2, -0.15) is 0 Å². The highest BCUT2D eigenvalue weighted by Crippen LogP contribution is 2.10. The third-order valence-corrected chi connectivity index (χ3v) is 2.97. The zero-order valence-corrected chi connectivity index (χ0v) is 11.3. The van der Waals surface area contributed by atoms with Crippen LogP contribution in [0.3, 0.4) is 0 Å². The lowest BCUT2D eigenvalue weighted by molar-refractivity contribution is 0.566. The summed E-state index contributed by atoms with van der Waals surface area (Å²) in [7, 11) is 1.93. The second-order valence-corrected chi connectivity index (χ2v) is 4.56. The molecule has 1 radical (unpaired) electrons. The molecule has 0 bridgehead atoms. The van der Waals surface area contributed by atoms with Crippen LogP contribution in [0.2, 0.25) is 0 Å². The van der Waals surface area contributed by atoms with Gasteiger partial charge in [0.1, 0.15) is 0 Å². The molecule has 0 aliphatic carbocycles. The van der Waals surface area contributed by atoms with E-state index in [9.17, 15) is 0 Å². The lowest BCUT2D eigenvalue weighted by atomic mass is 10.1. The van der Waals surface area contributed by atoms with E-state index in [-0.39, 0.29) is 0 Å². The minimum absolute atomic E-state index is 1.29. The summed E-state index contributed by atoms with van der Waals surface area (Å²) >= 11 is 0. The molecule has 0 amide bonds. The second kappa shape index (κ2) is 13.0. The molecule has 0 atom stereocenters. The highest BCUT2D eigenvalue weighted by Gasteiger charge is 1.90. The Bertz CT molecular complexity index is 118. The first-order valence-electron chi connectivity index (χ1n) is 6.36. The summed E-state index contributed by atoms with van der Waals surface area (Å²) in [6, 6.07) is 0. The molecule has 0 spiro atoms. The van der Waals surface area contributed by atoms with Crippen molar-refractivity contribution in [3.63, 3.8) is 0 Å². The molecule has 1 heteroatoms. The topological polar surface area (TPSA) is 0 Å². The van der Waals surface area contributed by atoms with Gasteiger partial charge in [0.15, 0.2) is 0 Å². The van der Waals surface area contributed by atoms with E-state index in [0.717, 1.165) is 0 Å². The first-order valence-corrected chi connectivity index (χ1v) is 7.17. The lowest BCUT2D eigenvalue weighted by Crippen LogP contribution is -1.80. The van der Waals surface area contributed by atoms with Crippen molar-refractivity contribution >= 4 is 10.2 Å². The lowest BCUT2D eigenvalue weighted by Gasteiger charge is -2.00. The van der Waals surface area contributed by atoms with Crippen LogP contribution in [0.4, 0.5) is 0 Å². The average Bonchev–Trinajstić information content (AvgIpc) is 2.21. The number of hydrogen-bond donors (Lipinski definition) is 0. The van der Waals surface area contributed by atoms with Crippen molar-refractivity contribution in [3.8, 4) is 0 Å². The van der Waals surface area contributed by atoms with E-state index in [2.05, 4.69) is 18.7 Å². The zero-order valence-electron chi connectivity index (χ0n) is 9.93. The molecule has 0 rings (SSSR count). The molecule has 0 saturated heterocycles. The number of hydrogen-bond acceptors (Lipinski definition) is 0. The van der Waals surface area contributed by atoms with Crippen LogP contribution in [-0.4, -0.2) is 10.2 Å². The largest absolute Gasteiger partial charge is 0.108 e. The Labute approximate surface area is 93.6 Å². The van der Waals surface area contributed by atoms with Crippen LogP contribution in [0.25, 0.3) is 0 Å². The van der Waals surface area contributed by atoms with Crippen molar-refractivity contribution in [3.05, 3.63) is 11.8 Å².